The highest BCUT2D eigenvalue weighted by molar-refractivity contribution is 9.09. The number of rotatable bonds is 2. The molecular formula is C22H35BrO3. The van der Waals surface area contributed by atoms with Crippen LogP contribution in [-0.4, -0.2) is 33.0 Å². The van der Waals surface area contributed by atoms with E-state index in [1.807, 2.05) is 6.92 Å². The van der Waals surface area contributed by atoms with Gasteiger partial charge in [-0.15, -0.1) is 0 Å². The number of hydrogen-bond donors (Lipinski definition) is 2. The van der Waals surface area contributed by atoms with Crippen molar-refractivity contribution in [3.63, 3.8) is 0 Å². The van der Waals surface area contributed by atoms with E-state index in [1.54, 1.807) is 0 Å². The van der Waals surface area contributed by atoms with Gasteiger partial charge in [0, 0.05) is 11.3 Å². The van der Waals surface area contributed by atoms with E-state index in [4.69, 9.17) is 0 Å². The predicted octanol–water partition coefficient (Wildman–Crippen LogP) is 4.33. The molecule has 0 amide bonds. The molecule has 0 heterocycles. The van der Waals surface area contributed by atoms with Gasteiger partial charge >= 0.3 is 0 Å². The molecule has 0 aromatic rings. The van der Waals surface area contributed by atoms with E-state index in [-0.39, 0.29) is 28.6 Å². The fraction of sp³-hybridized carbons (Fsp3) is 0.955. The average molecular weight is 427 g/mol. The molecule has 0 aliphatic heterocycles. The molecule has 4 saturated carbocycles. The molecule has 0 aromatic carbocycles. The Bertz CT molecular complexity index is 590. The fourth-order valence-electron chi connectivity index (χ4n) is 8.02. The van der Waals surface area contributed by atoms with E-state index in [1.165, 1.54) is 12.8 Å². The molecule has 26 heavy (non-hydrogen) atoms. The number of carbonyl (C=O) groups is 1. The highest BCUT2D eigenvalue weighted by Crippen LogP contribution is 2.68. The van der Waals surface area contributed by atoms with E-state index in [0.717, 1.165) is 38.5 Å². The molecule has 3 nitrogen and oxygen atoms in total. The molecular weight excluding hydrogens is 392 g/mol. The van der Waals surface area contributed by atoms with Crippen LogP contribution in [0.15, 0.2) is 0 Å². The number of hydrogen-bond acceptors (Lipinski definition) is 3. The first-order chi connectivity index (χ1) is 12.1. The number of fused-ring (bicyclic) bond motifs is 5. The molecule has 0 unspecified atom stereocenters. The van der Waals surface area contributed by atoms with Gasteiger partial charge in [0.2, 0.25) is 0 Å². The third kappa shape index (κ3) is 2.61. The van der Waals surface area contributed by atoms with Crippen molar-refractivity contribution in [3.8, 4) is 0 Å². The summed E-state index contributed by atoms with van der Waals surface area (Å²) >= 11 is 3.36. The summed E-state index contributed by atoms with van der Waals surface area (Å²) in [7, 11) is 0. The summed E-state index contributed by atoms with van der Waals surface area (Å²) in [6.07, 6.45) is 7.79. The molecule has 148 valence electrons. The summed E-state index contributed by atoms with van der Waals surface area (Å²) in [5.41, 5.74) is -0.514. The van der Waals surface area contributed by atoms with Crippen LogP contribution in [0, 0.1) is 40.4 Å². The Balaban J connectivity index is 1.64. The first kappa shape index (κ1) is 19.4. The lowest BCUT2D eigenvalue weighted by Gasteiger charge is -2.62. The first-order valence-corrected chi connectivity index (χ1v) is 11.7. The van der Waals surface area contributed by atoms with Gasteiger partial charge in [-0.2, -0.15) is 0 Å². The van der Waals surface area contributed by atoms with Crippen LogP contribution in [0.5, 0.6) is 0 Å². The van der Waals surface area contributed by atoms with Gasteiger partial charge < -0.3 is 10.2 Å². The van der Waals surface area contributed by atoms with Crippen LogP contribution in [0.1, 0.15) is 72.1 Å². The monoisotopic (exact) mass is 426 g/mol. The molecule has 0 spiro atoms. The number of halogens is 1. The van der Waals surface area contributed by atoms with Crippen molar-refractivity contribution in [2.24, 2.45) is 40.4 Å². The first-order valence-electron chi connectivity index (χ1n) is 10.6. The lowest BCUT2D eigenvalue weighted by Crippen LogP contribution is -2.59. The minimum absolute atomic E-state index is 0.0143. The van der Waals surface area contributed by atoms with Gasteiger partial charge in [0.1, 0.15) is 5.78 Å². The quantitative estimate of drug-likeness (QED) is 0.645. The maximum absolute atomic E-state index is 12.6. The van der Waals surface area contributed by atoms with Crippen molar-refractivity contribution in [1.82, 2.24) is 0 Å². The van der Waals surface area contributed by atoms with E-state index >= 15 is 0 Å². The Labute approximate surface area is 166 Å². The Morgan fingerprint density at radius 2 is 1.81 bits per heavy atom. The zero-order valence-corrected chi connectivity index (χ0v) is 18.1. The predicted molar refractivity (Wildman–Crippen MR) is 106 cm³/mol. The van der Waals surface area contributed by atoms with E-state index in [2.05, 4.69) is 29.8 Å². The van der Waals surface area contributed by atoms with Gasteiger partial charge in [0.15, 0.2) is 0 Å². The maximum Gasteiger partial charge on any atom is 0.147 e. The van der Waals surface area contributed by atoms with Gasteiger partial charge in [-0.3, -0.25) is 4.79 Å². The van der Waals surface area contributed by atoms with Crippen molar-refractivity contribution in [2.75, 3.05) is 5.33 Å². The SMILES string of the molecule is C[C@@]1(O)CC[C@@]2(C)[C@@H](CC[C@@H]3[C@@H]2C[C@@H](O)[C@]2(C)[C@@H](C(=O)CBr)CC[C@@H]32)C1. The van der Waals surface area contributed by atoms with Crippen molar-refractivity contribution in [1.29, 1.82) is 0 Å². The summed E-state index contributed by atoms with van der Waals surface area (Å²) < 4.78 is 0. The van der Waals surface area contributed by atoms with Crippen molar-refractivity contribution >= 4 is 21.7 Å². The molecule has 2 N–H and O–H groups in total. The van der Waals surface area contributed by atoms with E-state index in [0.29, 0.717) is 29.0 Å². The minimum Gasteiger partial charge on any atom is -0.393 e. The third-order valence-corrected chi connectivity index (χ3v) is 10.1. The molecule has 0 aromatic heterocycles. The van der Waals surface area contributed by atoms with E-state index < -0.39 is 5.60 Å². The summed E-state index contributed by atoms with van der Waals surface area (Å²) in [6.45, 7) is 6.64. The molecule has 0 radical (unpaired) electrons. The molecule has 0 saturated heterocycles. The second-order valence-corrected chi connectivity index (χ2v) is 11.3. The smallest absolute Gasteiger partial charge is 0.147 e. The summed E-state index contributed by atoms with van der Waals surface area (Å²) in [5, 5.41) is 22.3. The number of aliphatic hydroxyl groups excluding tert-OH is 1. The fourth-order valence-corrected chi connectivity index (χ4v) is 8.41. The van der Waals surface area contributed by atoms with Gasteiger partial charge in [-0.1, -0.05) is 29.8 Å². The molecule has 4 rings (SSSR count). The lowest BCUT2D eigenvalue weighted by molar-refractivity contribution is -0.182. The van der Waals surface area contributed by atoms with Crippen molar-refractivity contribution in [3.05, 3.63) is 0 Å². The van der Waals surface area contributed by atoms with Crippen molar-refractivity contribution in [2.45, 2.75) is 83.8 Å². The highest BCUT2D eigenvalue weighted by atomic mass is 79.9. The Kier molecular flexibility index (Phi) is 4.69. The largest absolute Gasteiger partial charge is 0.393 e. The Hall–Kier alpha value is 0.0700. The van der Waals surface area contributed by atoms with Gasteiger partial charge in [0.25, 0.3) is 0 Å². The normalized spacial score (nSPS) is 56.4. The zero-order valence-electron chi connectivity index (χ0n) is 16.5. The van der Waals surface area contributed by atoms with Crippen LogP contribution in [-0.2, 0) is 4.79 Å². The lowest BCUT2D eigenvalue weighted by atomic mass is 9.43. The second-order valence-electron chi connectivity index (χ2n) is 10.7. The third-order valence-electron chi connectivity index (χ3n) is 9.58. The number of aliphatic hydroxyl groups is 2. The minimum atomic E-state index is -0.514. The number of ketones is 1. The van der Waals surface area contributed by atoms with E-state index in [9.17, 15) is 15.0 Å². The van der Waals surface area contributed by atoms with Crippen LogP contribution < -0.4 is 0 Å². The van der Waals surface area contributed by atoms with Crippen LogP contribution in [0.4, 0.5) is 0 Å². The second kappa shape index (κ2) is 6.29. The standard InChI is InChI=1S/C22H35BrO3/c1-20(26)8-9-21(2)13(11-20)4-5-14-15-6-7-16(18(24)12-23)22(15,3)19(25)10-17(14)21/h13-17,19,25-26H,4-12H2,1-3H3/t13-,14-,15-,16+,17-,19+,20+,21-,22-/m0/s1. The van der Waals surface area contributed by atoms with Gasteiger partial charge in [-0.05, 0) is 87.4 Å². The average Bonchev–Trinajstić information content (AvgIpc) is 2.95. The molecule has 9 atom stereocenters. The molecule has 4 aliphatic rings. The summed E-state index contributed by atoms with van der Waals surface area (Å²) in [5.74, 6) is 2.53. The van der Waals surface area contributed by atoms with Crippen LogP contribution >= 0.6 is 15.9 Å². The maximum atomic E-state index is 12.6. The molecule has 0 bridgehead atoms. The molecule has 4 heteroatoms. The topological polar surface area (TPSA) is 57.5 Å². The van der Waals surface area contributed by atoms with Gasteiger partial charge in [-0.25, -0.2) is 0 Å². The zero-order chi connectivity index (χ0) is 18.9. The van der Waals surface area contributed by atoms with Crippen molar-refractivity contribution < 1.29 is 15.0 Å². The number of Topliss-reactive ketones (excluding diaryl/α,β-unsaturated/α-hetero) is 1. The summed E-state index contributed by atoms with van der Waals surface area (Å²) in [6, 6.07) is 0. The van der Waals surface area contributed by atoms with Crippen LogP contribution in [0.25, 0.3) is 0 Å². The van der Waals surface area contributed by atoms with Crippen LogP contribution in [0.3, 0.4) is 0 Å². The Morgan fingerprint density at radius 1 is 1.08 bits per heavy atom. The summed E-state index contributed by atoms with van der Waals surface area (Å²) in [4.78, 5) is 12.6. The highest BCUT2D eigenvalue weighted by Gasteiger charge is 2.64. The Morgan fingerprint density at radius 3 is 2.50 bits per heavy atom. The van der Waals surface area contributed by atoms with Gasteiger partial charge in [0.05, 0.1) is 17.0 Å². The molecule has 4 fully saturated rings. The molecule has 4 aliphatic carbocycles. The van der Waals surface area contributed by atoms with Crippen LogP contribution in [0.2, 0.25) is 0 Å². The number of alkyl halides is 1. The number of carbonyl (C=O) groups excluding carboxylic acids is 1.